The van der Waals surface area contributed by atoms with Crippen molar-refractivity contribution in [2.75, 3.05) is 46.4 Å². The van der Waals surface area contributed by atoms with Crippen LogP contribution in [0.2, 0.25) is 0 Å². The minimum Gasteiger partial charge on any atom is -0.370 e. The Bertz CT molecular complexity index is 766. The lowest BCUT2D eigenvalue weighted by atomic mass is 10.1. The lowest BCUT2D eigenvalue weighted by molar-refractivity contribution is -0.00804. The number of ether oxygens (including phenoxy) is 1. The number of hydrogen-bond donors (Lipinski definition) is 1. The molecular formula is C22H35IN6O. The van der Waals surface area contributed by atoms with E-state index in [9.17, 15) is 0 Å². The van der Waals surface area contributed by atoms with Crippen molar-refractivity contribution in [1.29, 1.82) is 0 Å². The topological polar surface area (TPSA) is 57.9 Å². The van der Waals surface area contributed by atoms with Crippen LogP contribution in [-0.2, 0) is 18.3 Å². The van der Waals surface area contributed by atoms with Gasteiger partial charge in [-0.1, -0.05) is 30.3 Å². The van der Waals surface area contributed by atoms with Gasteiger partial charge in [0.2, 0.25) is 0 Å². The van der Waals surface area contributed by atoms with Gasteiger partial charge in [0.15, 0.2) is 5.96 Å². The average Bonchev–Trinajstić information content (AvgIpc) is 3.17. The Kier molecular flexibility index (Phi) is 10.6. The summed E-state index contributed by atoms with van der Waals surface area (Å²) in [5.41, 5.74) is 2.47. The molecule has 0 saturated carbocycles. The zero-order valence-electron chi connectivity index (χ0n) is 18.3. The second-order valence-corrected chi connectivity index (χ2v) is 7.57. The van der Waals surface area contributed by atoms with Gasteiger partial charge in [0.05, 0.1) is 19.3 Å². The first kappa shape index (κ1) is 24.6. The highest BCUT2D eigenvalue weighted by atomic mass is 127. The fourth-order valence-corrected chi connectivity index (χ4v) is 3.58. The number of hydrogen-bond acceptors (Lipinski definition) is 4. The Balaban J connectivity index is 0.00000320. The van der Waals surface area contributed by atoms with Crippen molar-refractivity contribution in [3.8, 4) is 0 Å². The summed E-state index contributed by atoms with van der Waals surface area (Å²) in [4.78, 5) is 9.53. The molecular weight excluding hydrogens is 491 g/mol. The molecule has 0 spiro atoms. The van der Waals surface area contributed by atoms with Crippen LogP contribution in [-0.4, -0.2) is 71.9 Å². The predicted molar refractivity (Wildman–Crippen MR) is 132 cm³/mol. The van der Waals surface area contributed by atoms with E-state index < -0.39 is 0 Å². The minimum absolute atomic E-state index is 0. The van der Waals surface area contributed by atoms with Gasteiger partial charge < -0.3 is 19.9 Å². The van der Waals surface area contributed by atoms with Crippen LogP contribution >= 0.6 is 24.0 Å². The van der Waals surface area contributed by atoms with E-state index in [4.69, 9.17) is 9.73 Å². The molecule has 30 heavy (non-hydrogen) atoms. The maximum absolute atomic E-state index is 5.97. The lowest BCUT2D eigenvalue weighted by Gasteiger charge is -2.34. The van der Waals surface area contributed by atoms with Crippen LogP contribution in [0.25, 0.3) is 0 Å². The molecule has 8 heteroatoms. The predicted octanol–water partition coefficient (Wildman–Crippen LogP) is 2.90. The minimum atomic E-state index is 0. The standard InChI is InChI=1S/C22H34N6O.HI/c1-4-23-22(24-11-8-12-26(2)16-19-9-6-5-7-10-19)28-13-14-29-21(18-28)20-15-25-27(3)17-20;/h5-7,9-10,15,17,21H,4,8,11-14,16,18H2,1-3H3,(H,23,24);1H. The highest BCUT2D eigenvalue weighted by Crippen LogP contribution is 2.21. The molecule has 1 fully saturated rings. The van der Waals surface area contributed by atoms with Crippen molar-refractivity contribution in [1.82, 2.24) is 24.9 Å². The molecule has 3 rings (SSSR count). The van der Waals surface area contributed by atoms with Crippen molar-refractivity contribution in [3.05, 3.63) is 53.9 Å². The van der Waals surface area contributed by atoms with Gasteiger partial charge in [0.1, 0.15) is 6.10 Å². The van der Waals surface area contributed by atoms with Crippen molar-refractivity contribution in [3.63, 3.8) is 0 Å². The van der Waals surface area contributed by atoms with Gasteiger partial charge >= 0.3 is 0 Å². The molecule has 0 aliphatic carbocycles. The molecule has 0 radical (unpaired) electrons. The van der Waals surface area contributed by atoms with Crippen molar-refractivity contribution in [2.24, 2.45) is 12.0 Å². The summed E-state index contributed by atoms with van der Waals surface area (Å²) in [5, 5.41) is 7.72. The lowest BCUT2D eigenvalue weighted by Crippen LogP contribution is -2.48. The normalized spacial score (nSPS) is 17.1. The van der Waals surface area contributed by atoms with E-state index in [-0.39, 0.29) is 30.1 Å². The molecule has 1 aliphatic rings. The smallest absolute Gasteiger partial charge is 0.194 e. The SMILES string of the molecule is CCNC(=NCCCN(C)Cc1ccccc1)N1CCOC(c2cnn(C)c2)C1.I. The zero-order valence-corrected chi connectivity index (χ0v) is 20.7. The second kappa shape index (κ2) is 12.9. The number of nitrogens with zero attached hydrogens (tertiary/aromatic N) is 5. The fraction of sp³-hybridized carbons (Fsp3) is 0.545. The summed E-state index contributed by atoms with van der Waals surface area (Å²) in [6.45, 7) is 8.14. The van der Waals surface area contributed by atoms with E-state index in [1.807, 2.05) is 24.1 Å². The Morgan fingerprint density at radius 3 is 2.83 bits per heavy atom. The molecule has 1 aromatic heterocycles. The molecule has 2 aromatic rings. The number of aryl methyl sites for hydroxylation is 1. The molecule has 7 nitrogen and oxygen atoms in total. The monoisotopic (exact) mass is 526 g/mol. The number of rotatable bonds is 8. The van der Waals surface area contributed by atoms with Crippen LogP contribution in [0.15, 0.2) is 47.7 Å². The van der Waals surface area contributed by atoms with Gasteiger partial charge in [0.25, 0.3) is 0 Å². The first-order valence-electron chi connectivity index (χ1n) is 10.5. The number of guanidine groups is 1. The van der Waals surface area contributed by atoms with Crippen molar-refractivity contribution >= 4 is 29.9 Å². The zero-order chi connectivity index (χ0) is 20.5. The Morgan fingerprint density at radius 2 is 2.13 bits per heavy atom. The number of aliphatic imine (C=N–C) groups is 1. The molecule has 1 aromatic carbocycles. The third-order valence-corrected chi connectivity index (χ3v) is 5.05. The summed E-state index contributed by atoms with van der Waals surface area (Å²) in [7, 11) is 4.10. The Morgan fingerprint density at radius 1 is 1.33 bits per heavy atom. The largest absolute Gasteiger partial charge is 0.370 e. The van der Waals surface area contributed by atoms with Crippen molar-refractivity contribution < 1.29 is 4.74 Å². The third-order valence-electron chi connectivity index (χ3n) is 5.05. The molecule has 166 valence electrons. The molecule has 1 saturated heterocycles. The number of nitrogens with one attached hydrogen (secondary N) is 1. The fourth-order valence-electron chi connectivity index (χ4n) is 3.58. The van der Waals surface area contributed by atoms with E-state index in [1.54, 1.807) is 0 Å². The maximum atomic E-state index is 5.97. The second-order valence-electron chi connectivity index (χ2n) is 7.57. The van der Waals surface area contributed by atoms with Crippen LogP contribution in [0.1, 0.15) is 30.6 Å². The molecule has 2 heterocycles. The first-order chi connectivity index (χ1) is 14.2. The van der Waals surface area contributed by atoms with Gasteiger partial charge in [-0.3, -0.25) is 9.67 Å². The quantitative estimate of drug-likeness (QED) is 0.248. The van der Waals surface area contributed by atoms with Gasteiger partial charge in [-0.25, -0.2) is 0 Å². The van der Waals surface area contributed by atoms with E-state index in [2.05, 4.69) is 64.5 Å². The summed E-state index contributed by atoms with van der Waals surface area (Å²) < 4.78 is 7.79. The van der Waals surface area contributed by atoms with Crippen LogP contribution in [0.4, 0.5) is 0 Å². The first-order valence-corrected chi connectivity index (χ1v) is 10.5. The number of benzene rings is 1. The number of halogens is 1. The van der Waals surface area contributed by atoms with Crippen LogP contribution in [0, 0.1) is 0 Å². The van der Waals surface area contributed by atoms with Gasteiger partial charge in [0, 0.05) is 45.0 Å². The van der Waals surface area contributed by atoms with Gasteiger partial charge in [-0.2, -0.15) is 5.10 Å². The molecule has 1 aliphatic heterocycles. The molecule has 0 bridgehead atoms. The Hall–Kier alpha value is -1.65. The molecule has 1 N–H and O–H groups in total. The summed E-state index contributed by atoms with van der Waals surface area (Å²) in [6, 6.07) is 10.6. The van der Waals surface area contributed by atoms with E-state index >= 15 is 0 Å². The van der Waals surface area contributed by atoms with E-state index in [0.29, 0.717) is 6.61 Å². The average molecular weight is 526 g/mol. The van der Waals surface area contributed by atoms with Crippen LogP contribution in [0.5, 0.6) is 0 Å². The van der Waals surface area contributed by atoms with Crippen LogP contribution in [0.3, 0.4) is 0 Å². The maximum Gasteiger partial charge on any atom is 0.194 e. The number of morpholine rings is 1. The van der Waals surface area contributed by atoms with E-state index in [0.717, 1.165) is 57.2 Å². The highest BCUT2D eigenvalue weighted by Gasteiger charge is 2.25. The van der Waals surface area contributed by atoms with Gasteiger partial charge in [-0.15, -0.1) is 24.0 Å². The van der Waals surface area contributed by atoms with Crippen molar-refractivity contribution in [2.45, 2.75) is 26.0 Å². The van der Waals surface area contributed by atoms with E-state index in [1.165, 1.54) is 5.56 Å². The molecule has 1 atom stereocenters. The third kappa shape index (κ3) is 7.55. The summed E-state index contributed by atoms with van der Waals surface area (Å²) >= 11 is 0. The van der Waals surface area contributed by atoms with Gasteiger partial charge in [-0.05, 0) is 32.5 Å². The number of aromatic nitrogens is 2. The summed E-state index contributed by atoms with van der Waals surface area (Å²) in [6.07, 6.45) is 4.99. The molecule has 1 unspecified atom stereocenters. The molecule has 0 amide bonds. The Labute approximate surface area is 197 Å². The van der Waals surface area contributed by atoms with Crippen LogP contribution < -0.4 is 5.32 Å². The highest BCUT2D eigenvalue weighted by molar-refractivity contribution is 14.0. The summed E-state index contributed by atoms with van der Waals surface area (Å²) in [5.74, 6) is 0.982.